The second-order valence-corrected chi connectivity index (χ2v) is 5.07. The fourth-order valence-electron chi connectivity index (χ4n) is 2.13. The van der Waals surface area contributed by atoms with Crippen LogP contribution in [0.3, 0.4) is 0 Å². The molecule has 4 amide bonds. The van der Waals surface area contributed by atoms with E-state index in [4.69, 9.17) is 14.2 Å². The predicted molar refractivity (Wildman–Crippen MR) is 93.7 cm³/mol. The number of hydrazine groups is 2. The van der Waals surface area contributed by atoms with Crippen LogP contribution in [0.1, 0.15) is 12.5 Å². The Morgan fingerprint density at radius 1 is 1.27 bits per heavy atom. The van der Waals surface area contributed by atoms with Crippen LogP contribution in [-0.4, -0.2) is 56.9 Å². The quantitative estimate of drug-likeness (QED) is 0.503. The molecule has 26 heavy (non-hydrogen) atoms. The maximum Gasteiger partial charge on any atom is 0.356 e. The van der Waals surface area contributed by atoms with Crippen molar-refractivity contribution >= 4 is 24.0 Å². The maximum absolute atomic E-state index is 11.9. The predicted octanol–water partition coefficient (Wildman–Crippen LogP) is 0.662. The second-order valence-electron chi connectivity index (χ2n) is 5.07. The molecule has 140 valence electrons. The average molecular weight is 364 g/mol. The van der Waals surface area contributed by atoms with Gasteiger partial charge in [-0.15, -0.1) is 5.53 Å². The Bertz CT molecular complexity index is 748. The third-order valence-corrected chi connectivity index (χ3v) is 3.33. The highest BCUT2D eigenvalue weighted by molar-refractivity contribution is 5.94. The normalized spacial score (nSPS) is 13.9. The zero-order chi connectivity index (χ0) is 19.1. The number of ether oxygens (including phenoxy) is 3. The molecule has 11 nitrogen and oxygen atoms in total. The minimum Gasteiger partial charge on any atom is -0.493 e. The smallest absolute Gasteiger partial charge is 0.356 e. The van der Waals surface area contributed by atoms with Gasteiger partial charge in [0.2, 0.25) is 5.75 Å². The molecular weight excluding hydrogens is 344 g/mol. The van der Waals surface area contributed by atoms with Crippen LogP contribution in [0.25, 0.3) is 0 Å². The number of hydrogen-bond acceptors (Lipinski definition) is 7. The molecule has 0 fully saturated rings. The van der Waals surface area contributed by atoms with Crippen molar-refractivity contribution in [3.05, 3.63) is 17.7 Å². The van der Waals surface area contributed by atoms with Gasteiger partial charge in [0, 0.05) is 11.8 Å². The average Bonchev–Trinajstić information content (AvgIpc) is 2.65. The van der Waals surface area contributed by atoms with Crippen LogP contribution in [0.2, 0.25) is 0 Å². The van der Waals surface area contributed by atoms with Gasteiger partial charge in [-0.1, -0.05) is 0 Å². The molecular formula is C15H20N6O5. The molecule has 11 heteroatoms. The summed E-state index contributed by atoms with van der Waals surface area (Å²) in [6.07, 6.45) is 1.31. The van der Waals surface area contributed by atoms with E-state index in [1.165, 1.54) is 27.5 Å². The lowest BCUT2D eigenvalue weighted by atomic mass is 10.2. The third kappa shape index (κ3) is 4.39. The number of urea groups is 2. The summed E-state index contributed by atoms with van der Waals surface area (Å²) in [5.74, 6) is 1.25. The summed E-state index contributed by atoms with van der Waals surface area (Å²) in [6.45, 7) is 1.96. The van der Waals surface area contributed by atoms with Crippen molar-refractivity contribution in [2.45, 2.75) is 6.92 Å². The van der Waals surface area contributed by atoms with Crippen LogP contribution in [-0.2, 0) is 0 Å². The summed E-state index contributed by atoms with van der Waals surface area (Å²) in [5, 5.41) is 4.92. The third-order valence-electron chi connectivity index (χ3n) is 3.33. The Labute approximate surface area is 149 Å². The molecule has 1 aliphatic rings. The first kappa shape index (κ1) is 19.0. The van der Waals surface area contributed by atoms with Gasteiger partial charge in [-0.25, -0.2) is 25.0 Å². The van der Waals surface area contributed by atoms with E-state index in [9.17, 15) is 9.59 Å². The number of nitrogens with one attached hydrogen (secondary N) is 3. The number of methoxy groups -OCH3 is 3. The number of hydrogen-bond donors (Lipinski definition) is 3. The first-order chi connectivity index (χ1) is 12.5. The Morgan fingerprint density at radius 3 is 2.65 bits per heavy atom. The van der Waals surface area contributed by atoms with Gasteiger partial charge in [0.05, 0.1) is 33.6 Å². The van der Waals surface area contributed by atoms with Gasteiger partial charge in [0.15, 0.2) is 11.5 Å². The first-order valence-corrected chi connectivity index (χ1v) is 7.49. The largest absolute Gasteiger partial charge is 0.493 e. The van der Waals surface area contributed by atoms with Crippen LogP contribution < -0.4 is 30.6 Å². The molecule has 1 aromatic carbocycles. The van der Waals surface area contributed by atoms with Crippen molar-refractivity contribution < 1.29 is 23.8 Å². The molecule has 1 heterocycles. The molecule has 0 radical (unpaired) electrons. The van der Waals surface area contributed by atoms with E-state index < -0.39 is 12.1 Å². The van der Waals surface area contributed by atoms with E-state index in [1.807, 2.05) is 0 Å². The monoisotopic (exact) mass is 364 g/mol. The van der Waals surface area contributed by atoms with Crippen LogP contribution in [0, 0.1) is 0 Å². The molecule has 1 aliphatic heterocycles. The SMILES string of the molecule is COc1ccc(/C=N/C(=O)NNN2CC(C)=NNC2=O)c(OC)c1OC. The van der Waals surface area contributed by atoms with Crippen LogP contribution in [0.5, 0.6) is 17.2 Å². The topological polar surface area (TPSA) is 126 Å². The fraction of sp³-hybridized carbons (Fsp3) is 0.333. The van der Waals surface area contributed by atoms with Crippen molar-refractivity contribution in [1.82, 2.24) is 21.4 Å². The van der Waals surface area contributed by atoms with Crippen molar-refractivity contribution in [2.24, 2.45) is 10.1 Å². The second kappa shape index (κ2) is 8.67. The molecule has 2 rings (SSSR count). The lowest BCUT2D eigenvalue weighted by Crippen LogP contribution is -2.57. The maximum atomic E-state index is 11.9. The van der Waals surface area contributed by atoms with Crippen LogP contribution >= 0.6 is 0 Å². The van der Waals surface area contributed by atoms with E-state index in [0.717, 1.165) is 5.01 Å². The van der Waals surface area contributed by atoms with Gasteiger partial charge in [-0.2, -0.15) is 5.10 Å². The Morgan fingerprint density at radius 2 is 2.00 bits per heavy atom. The number of hydrazone groups is 1. The number of nitrogens with zero attached hydrogens (tertiary/aromatic N) is 3. The van der Waals surface area contributed by atoms with E-state index >= 15 is 0 Å². The van der Waals surface area contributed by atoms with Gasteiger partial charge in [-0.05, 0) is 19.1 Å². The van der Waals surface area contributed by atoms with Crippen molar-refractivity contribution in [2.75, 3.05) is 27.9 Å². The summed E-state index contributed by atoms with van der Waals surface area (Å²) in [5.41, 5.74) is 8.21. The number of carbonyl (C=O) groups is 2. The summed E-state index contributed by atoms with van der Waals surface area (Å²) >= 11 is 0. The molecule has 0 bridgehead atoms. The van der Waals surface area contributed by atoms with Crippen molar-refractivity contribution in [3.8, 4) is 17.2 Å². The highest BCUT2D eigenvalue weighted by Crippen LogP contribution is 2.38. The molecule has 0 aromatic heterocycles. The van der Waals surface area contributed by atoms with E-state index in [0.29, 0.717) is 28.5 Å². The zero-order valence-corrected chi connectivity index (χ0v) is 14.8. The van der Waals surface area contributed by atoms with Crippen molar-refractivity contribution in [1.29, 1.82) is 0 Å². The number of aliphatic imine (C=N–C) groups is 1. The Hall–Kier alpha value is -3.34. The lowest BCUT2D eigenvalue weighted by Gasteiger charge is -2.25. The standard InChI is InChI=1S/C15H20N6O5/c1-9-8-21(15(23)19-17-9)20-18-14(22)16-7-10-5-6-11(24-2)13(26-4)12(10)25-3/h5-7,20H,8H2,1-4H3,(H,18,22)(H,19,23)/b16-7+. The van der Waals surface area contributed by atoms with Gasteiger partial charge in [0.1, 0.15) is 0 Å². The van der Waals surface area contributed by atoms with E-state index in [1.54, 1.807) is 19.1 Å². The Kier molecular flexibility index (Phi) is 6.33. The fourth-order valence-corrected chi connectivity index (χ4v) is 2.13. The number of benzene rings is 1. The zero-order valence-electron chi connectivity index (χ0n) is 14.8. The van der Waals surface area contributed by atoms with E-state index in [-0.39, 0.29) is 6.54 Å². The van der Waals surface area contributed by atoms with Gasteiger partial charge in [0.25, 0.3) is 0 Å². The molecule has 3 N–H and O–H groups in total. The summed E-state index contributed by atoms with van der Waals surface area (Å²) in [4.78, 5) is 27.2. The Balaban J connectivity index is 2.04. The van der Waals surface area contributed by atoms with Crippen molar-refractivity contribution in [3.63, 3.8) is 0 Å². The lowest BCUT2D eigenvalue weighted by molar-refractivity contribution is 0.163. The van der Waals surface area contributed by atoms with Crippen LogP contribution in [0.4, 0.5) is 9.59 Å². The molecule has 0 saturated heterocycles. The molecule has 0 atom stereocenters. The van der Waals surface area contributed by atoms with Crippen LogP contribution in [0.15, 0.2) is 22.2 Å². The van der Waals surface area contributed by atoms with E-state index in [2.05, 4.69) is 26.5 Å². The molecule has 0 spiro atoms. The van der Waals surface area contributed by atoms with Gasteiger partial charge in [-0.3, -0.25) is 5.43 Å². The van der Waals surface area contributed by atoms with Gasteiger partial charge < -0.3 is 14.2 Å². The van der Waals surface area contributed by atoms with Gasteiger partial charge >= 0.3 is 12.1 Å². The minimum atomic E-state index is -0.713. The number of rotatable bonds is 6. The number of amides is 4. The highest BCUT2D eigenvalue weighted by atomic mass is 16.5. The summed E-state index contributed by atoms with van der Waals surface area (Å²) in [6, 6.07) is 2.12. The molecule has 1 aromatic rings. The number of carbonyl (C=O) groups excluding carboxylic acids is 2. The molecule has 0 saturated carbocycles. The molecule has 0 unspecified atom stereocenters. The highest BCUT2D eigenvalue weighted by Gasteiger charge is 2.19. The molecule has 0 aliphatic carbocycles. The summed E-state index contributed by atoms with van der Waals surface area (Å²) in [7, 11) is 4.45. The first-order valence-electron chi connectivity index (χ1n) is 7.49. The minimum absolute atomic E-state index is 0.222. The summed E-state index contributed by atoms with van der Waals surface area (Å²) < 4.78 is 15.8.